The van der Waals surface area contributed by atoms with Gasteiger partial charge in [0.1, 0.15) is 0 Å². The Morgan fingerprint density at radius 2 is 1.36 bits per heavy atom. The summed E-state index contributed by atoms with van der Waals surface area (Å²) in [6.45, 7) is 8.12. The van der Waals surface area contributed by atoms with Crippen LogP contribution in [0.2, 0.25) is 0 Å². The normalized spacial score (nSPS) is 16.4. The first-order valence-corrected chi connectivity index (χ1v) is 4.27. The van der Waals surface area contributed by atoms with Gasteiger partial charge in [-0.15, -0.1) is 0 Å². The summed E-state index contributed by atoms with van der Waals surface area (Å²) in [6, 6.07) is 0. The minimum atomic E-state index is 0.207. The Morgan fingerprint density at radius 3 is 1.64 bits per heavy atom. The zero-order valence-electron chi connectivity index (χ0n) is 7.89. The van der Waals surface area contributed by atoms with E-state index in [-0.39, 0.29) is 12.2 Å². The van der Waals surface area contributed by atoms with E-state index in [2.05, 4.69) is 19.5 Å². The van der Waals surface area contributed by atoms with E-state index in [0.717, 1.165) is 12.8 Å². The van der Waals surface area contributed by atoms with Gasteiger partial charge in [0.15, 0.2) is 0 Å². The van der Waals surface area contributed by atoms with Gasteiger partial charge in [-0.05, 0) is 26.7 Å². The summed E-state index contributed by atoms with van der Waals surface area (Å²) in [4.78, 5) is 10.2. The van der Waals surface area contributed by atoms with E-state index in [1.807, 2.05) is 13.8 Å². The van der Waals surface area contributed by atoms with E-state index >= 15 is 0 Å². The van der Waals surface area contributed by atoms with Crippen molar-refractivity contribution < 1.29 is 9.68 Å². The SMILES string of the molecule is CCC(C)ONOC(C)CC. The molecule has 68 valence electrons. The highest BCUT2D eigenvalue weighted by Gasteiger charge is 2.00. The largest absolute Gasteiger partial charge is 0.274 e. The molecule has 0 bridgehead atoms. The smallest absolute Gasteiger partial charge is 0.0786 e. The van der Waals surface area contributed by atoms with Crippen molar-refractivity contribution in [1.82, 2.24) is 5.64 Å². The number of rotatable bonds is 6. The molecule has 0 aromatic heterocycles. The molecule has 0 saturated heterocycles. The van der Waals surface area contributed by atoms with E-state index in [9.17, 15) is 0 Å². The molecule has 0 spiro atoms. The maximum Gasteiger partial charge on any atom is 0.0786 e. The number of hydrogen-bond acceptors (Lipinski definition) is 3. The summed E-state index contributed by atoms with van der Waals surface area (Å²) < 4.78 is 0. The molecule has 0 radical (unpaired) electrons. The fraction of sp³-hybridized carbons (Fsp3) is 1.00. The van der Waals surface area contributed by atoms with Gasteiger partial charge in [-0.1, -0.05) is 19.5 Å². The van der Waals surface area contributed by atoms with Crippen molar-refractivity contribution in [2.75, 3.05) is 0 Å². The summed E-state index contributed by atoms with van der Waals surface area (Å²) in [5.41, 5.74) is 2.49. The maximum absolute atomic E-state index is 5.09. The Bertz CT molecular complexity index is 78.2. The molecule has 0 rings (SSSR count). The van der Waals surface area contributed by atoms with Crippen LogP contribution in [0.25, 0.3) is 0 Å². The second-order valence-electron chi connectivity index (χ2n) is 2.76. The van der Waals surface area contributed by atoms with Crippen molar-refractivity contribution in [3.8, 4) is 0 Å². The van der Waals surface area contributed by atoms with Crippen molar-refractivity contribution in [3.05, 3.63) is 0 Å². The Labute approximate surface area is 69.0 Å². The molecule has 0 aliphatic heterocycles. The predicted octanol–water partition coefficient (Wildman–Crippen LogP) is 2.04. The maximum atomic E-state index is 5.09. The van der Waals surface area contributed by atoms with Gasteiger partial charge >= 0.3 is 0 Å². The van der Waals surface area contributed by atoms with E-state index in [1.54, 1.807) is 0 Å². The summed E-state index contributed by atoms with van der Waals surface area (Å²) >= 11 is 0. The molecule has 11 heavy (non-hydrogen) atoms. The Hall–Kier alpha value is -0.120. The second kappa shape index (κ2) is 6.58. The van der Waals surface area contributed by atoms with Gasteiger partial charge in [0.05, 0.1) is 12.2 Å². The van der Waals surface area contributed by atoms with Gasteiger partial charge in [0.25, 0.3) is 0 Å². The molecule has 2 atom stereocenters. The molecule has 0 aliphatic carbocycles. The lowest BCUT2D eigenvalue weighted by atomic mass is 10.3. The minimum absolute atomic E-state index is 0.207. The van der Waals surface area contributed by atoms with Gasteiger partial charge in [-0.25, -0.2) is 0 Å². The quantitative estimate of drug-likeness (QED) is 0.605. The lowest BCUT2D eigenvalue weighted by molar-refractivity contribution is -0.215. The molecule has 2 unspecified atom stereocenters. The Kier molecular flexibility index (Phi) is 6.51. The zero-order valence-corrected chi connectivity index (χ0v) is 7.89. The van der Waals surface area contributed by atoms with Gasteiger partial charge in [0.2, 0.25) is 0 Å². The molecule has 3 heteroatoms. The fourth-order valence-electron chi connectivity index (χ4n) is 0.359. The topological polar surface area (TPSA) is 30.5 Å². The molecule has 0 amide bonds. The Balaban J connectivity index is 3.13. The van der Waals surface area contributed by atoms with Crippen LogP contribution in [0, 0.1) is 0 Å². The first-order chi connectivity index (χ1) is 5.20. The van der Waals surface area contributed by atoms with Crippen LogP contribution >= 0.6 is 0 Å². The summed E-state index contributed by atoms with van der Waals surface area (Å²) in [6.07, 6.45) is 2.38. The van der Waals surface area contributed by atoms with E-state index in [4.69, 9.17) is 9.68 Å². The molecule has 0 aromatic carbocycles. The first kappa shape index (κ1) is 10.9. The highest BCUT2D eigenvalue weighted by Crippen LogP contribution is 1.95. The fourth-order valence-corrected chi connectivity index (χ4v) is 0.359. The van der Waals surface area contributed by atoms with Crippen LogP contribution in [-0.4, -0.2) is 12.2 Å². The number of hydrogen-bond donors (Lipinski definition) is 1. The molecular formula is C8H19NO2. The molecule has 0 aromatic rings. The third-order valence-electron chi connectivity index (χ3n) is 1.65. The Morgan fingerprint density at radius 1 is 1.00 bits per heavy atom. The zero-order chi connectivity index (χ0) is 8.69. The van der Waals surface area contributed by atoms with Gasteiger partial charge in [-0.2, -0.15) is 0 Å². The van der Waals surface area contributed by atoms with E-state index < -0.39 is 0 Å². The highest BCUT2D eigenvalue weighted by molar-refractivity contribution is 4.41. The first-order valence-electron chi connectivity index (χ1n) is 4.27. The molecule has 0 saturated carbocycles. The summed E-state index contributed by atoms with van der Waals surface area (Å²) in [5, 5.41) is 0. The van der Waals surface area contributed by atoms with Gasteiger partial charge in [0, 0.05) is 0 Å². The van der Waals surface area contributed by atoms with Crippen LogP contribution in [-0.2, 0) is 9.68 Å². The second-order valence-corrected chi connectivity index (χ2v) is 2.76. The van der Waals surface area contributed by atoms with Gasteiger partial charge in [-0.3, -0.25) is 9.68 Å². The van der Waals surface area contributed by atoms with Crippen molar-refractivity contribution in [1.29, 1.82) is 0 Å². The van der Waals surface area contributed by atoms with Crippen LogP contribution in [0.5, 0.6) is 0 Å². The molecule has 1 N–H and O–H groups in total. The molecule has 0 heterocycles. The van der Waals surface area contributed by atoms with Crippen molar-refractivity contribution >= 4 is 0 Å². The molecule has 0 fully saturated rings. The highest BCUT2D eigenvalue weighted by atomic mass is 16.9. The third kappa shape index (κ3) is 6.28. The lowest BCUT2D eigenvalue weighted by Crippen LogP contribution is -2.25. The lowest BCUT2D eigenvalue weighted by Gasteiger charge is -2.14. The number of nitrogens with one attached hydrogen (secondary N) is 1. The standard InChI is InChI=1S/C8H19NO2/c1-5-7(3)10-9-11-8(4)6-2/h7-9H,5-6H2,1-4H3. The molecular weight excluding hydrogens is 142 g/mol. The van der Waals surface area contributed by atoms with E-state index in [1.165, 1.54) is 0 Å². The van der Waals surface area contributed by atoms with E-state index in [0.29, 0.717) is 0 Å². The average Bonchev–Trinajstić information content (AvgIpc) is 2.04. The predicted molar refractivity (Wildman–Crippen MR) is 44.8 cm³/mol. The van der Waals surface area contributed by atoms with Crippen molar-refractivity contribution in [3.63, 3.8) is 0 Å². The van der Waals surface area contributed by atoms with Crippen LogP contribution < -0.4 is 5.64 Å². The molecule has 3 nitrogen and oxygen atoms in total. The summed E-state index contributed by atoms with van der Waals surface area (Å²) in [5.74, 6) is 0. The van der Waals surface area contributed by atoms with Crippen LogP contribution in [0.15, 0.2) is 0 Å². The van der Waals surface area contributed by atoms with Crippen LogP contribution in [0.1, 0.15) is 40.5 Å². The third-order valence-corrected chi connectivity index (χ3v) is 1.65. The monoisotopic (exact) mass is 161 g/mol. The minimum Gasteiger partial charge on any atom is -0.274 e. The van der Waals surface area contributed by atoms with Crippen molar-refractivity contribution in [2.45, 2.75) is 52.7 Å². The van der Waals surface area contributed by atoms with Crippen LogP contribution in [0.3, 0.4) is 0 Å². The average molecular weight is 161 g/mol. The van der Waals surface area contributed by atoms with Crippen LogP contribution in [0.4, 0.5) is 0 Å². The van der Waals surface area contributed by atoms with Crippen molar-refractivity contribution in [2.24, 2.45) is 0 Å². The molecule has 0 aliphatic rings. The van der Waals surface area contributed by atoms with Gasteiger partial charge < -0.3 is 0 Å². The summed E-state index contributed by atoms with van der Waals surface area (Å²) in [7, 11) is 0.